The summed E-state index contributed by atoms with van der Waals surface area (Å²) in [7, 11) is -10.3. The average molecular weight is 263 g/mol. The standard InChI is InChI=1S/CH2O.H3N.Na.H2O8S2/c1-2;;;1-9(2,3)7-8-10(4,5)6/h1H2;1H3;;(H,1,2,3)(H,4,5,6)/q;;+1;/p-1. The van der Waals surface area contributed by atoms with Crippen LogP contribution in [0.5, 0.6) is 0 Å². The van der Waals surface area contributed by atoms with Gasteiger partial charge in [-0.15, -0.1) is 0 Å². The second kappa shape index (κ2) is 9.91. The van der Waals surface area contributed by atoms with Crippen LogP contribution in [0.3, 0.4) is 0 Å². The van der Waals surface area contributed by atoms with E-state index < -0.39 is 20.8 Å². The third-order valence-electron chi connectivity index (χ3n) is 0.197. The largest absolute Gasteiger partial charge is 1.00 e. The molecule has 0 aliphatic rings. The van der Waals surface area contributed by atoms with Crippen molar-refractivity contribution in [3.05, 3.63) is 0 Å². The molecule has 0 spiro atoms. The molecule has 10 nitrogen and oxygen atoms in total. The van der Waals surface area contributed by atoms with Gasteiger partial charge in [0.2, 0.25) is 10.4 Å². The van der Waals surface area contributed by atoms with E-state index in [2.05, 4.69) is 8.67 Å². The summed E-state index contributed by atoms with van der Waals surface area (Å²) in [6, 6.07) is 0. The Hall–Kier alpha value is 0.370. The van der Waals surface area contributed by atoms with E-state index in [4.69, 9.17) is 9.35 Å². The predicted octanol–water partition coefficient (Wildman–Crippen LogP) is -4.82. The third-order valence-corrected chi connectivity index (χ3v) is 0.758. The van der Waals surface area contributed by atoms with Crippen molar-refractivity contribution in [1.29, 1.82) is 0 Å². The molecule has 0 aromatic carbocycles. The van der Waals surface area contributed by atoms with Crippen LogP contribution in [-0.2, 0) is 34.3 Å². The van der Waals surface area contributed by atoms with E-state index in [9.17, 15) is 21.4 Å². The summed E-state index contributed by atoms with van der Waals surface area (Å²) in [5.74, 6) is 0. The van der Waals surface area contributed by atoms with E-state index in [0.717, 1.165) is 0 Å². The topological polar surface area (TPSA) is 182 Å². The number of hydrogen-bond acceptors (Lipinski definition) is 9. The fourth-order valence-corrected chi connectivity index (χ4v) is 0.622. The molecule has 0 aromatic heterocycles. The maximum atomic E-state index is 9.48. The molecule has 0 aliphatic carbocycles. The Kier molecular flexibility index (Phi) is 16.9. The second-order valence-corrected chi connectivity index (χ2v) is 2.92. The van der Waals surface area contributed by atoms with Gasteiger partial charge in [-0.25, -0.2) is 8.42 Å². The smallest absolute Gasteiger partial charge is 0.724 e. The molecule has 0 bridgehead atoms. The van der Waals surface area contributed by atoms with Gasteiger partial charge in [0.05, 0.1) is 0 Å². The van der Waals surface area contributed by atoms with Crippen molar-refractivity contribution in [2.45, 2.75) is 0 Å². The molecule has 82 valence electrons. The number of carbonyl (C=O) groups excluding carboxylic acids is 1. The van der Waals surface area contributed by atoms with E-state index in [1.165, 1.54) is 0 Å². The van der Waals surface area contributed by atoms with Crippen molar-refractivity contribution in [3.8, 4) is 0 Å². The fourth-order valence-electron chi connectivity index (χ4n) is 0.0691. The van der Waals surface area contributed by atoms with Gasteiger partial charge in [0.1, 0.15) is 6.79 Å². The molecule has 0 aromatic rings. The molecule has 0 aliphatic heterocycles. The van der Waals surface area contributed by atoms with Crippen LogP contribution < -0.4 is 35.7 Å². The van der Waals surface area contributed by atoms with Crippen LogP contribution in [0.15, 0.2) is 0 Å². The van der Waals surface area contributed by atoms with E-state index in [0.29, 0.717) is 0 Å². The van der Waals surface area contributed by atoms with Gasteiger partial charge in [-0.05, 0) is 0 Å². The first kappa shape index (κ1) is 23.9. The SMILES string of the molecule is C=O.N.O=S(=O)([O-])OOS(=O)(=O)O.[Na+]. The Morgan fingerprint density at radius 1 is 1.07 bits per heavy atom. The van der Waals surface area contributed by atoms with Crippen LogP contribution in [0.4, 0.5) is 0 Å². The molecule has 0 atom stereocenters. The van der Waals surface area contributed by atoms with Gasteiger partial charge in [-0.2, -0.15) is 8.42 Å². The van der Waals surface area contributed by atoms with Crippen molar-refractivity contribution in [2.24, 2.45) is 0 Å². The van der Waals surface area contributed by atoms with Gasteiger partial charge in [0.25, 0.3) is 0 Å². The number of carbonyl (C=O) groups is 1. The fraction of sp³-hybridized carbons (Fsp3) is 0. The Balaban J connectivity index is -0.000000117. The van der Waals surface area contributed by atoms with Crippen LogP contribution in [0, 0.1) is 0 Å². The molecular formula is CH6NNaO9S2. The van der Waals surface area contributed by atoms with Gasteiger partial charge in [-0.3, -0.25) is 4.55 Å². The summed E-state index contributed by atoms with van der Waals surface area (Å²) >= 11 is 0. The minimum Gasteiger partial charge on any atom is -0.724 e. The van der Waals surface area contributed by atoms with E-state index in [1.54, 1.807) is 0 Å². The van der Waals surface area contributed by atoms with Gasteiger partial charge >= 0.3 is 40.0 Å². The van der Waals surface area contributed by atoms with Gasteiger partial charge in [-0.1, -0.05) is 8.67 Å². The molecule has 0 rings (SSSR count). The zero-order chi connectivity index (χ0) is 10.4. The molecular weight excluding hydrogens is 257 g/mol. The monoisotopic (exact) mass is 263 g/mol. The first-order chi connectivity index (χ1) is 5.21. The van der Waals surface area contributed by atoms with E-state index in [-0.39, 0.29) is 35.7 Å². The molecule has 0 amide bonds. The van der Waals surface area contributed by atoms with E-state index in [1.807, 2.05) is 6.79 Å². The average Bonchev–Trinajstić information content (AvgIpc) is 1.86. The molecule has 0 fully saturated rings. The number of rotatable bonds is 3. The summed E-state index contributed by atoms with van der Waals surface area (Å²) in [5, 5.41) is 0. The molecule has 14 heavy (non-hydrogen) atoms. The quantitative estimate of drug-likeness (QED) is 0.164. The maximum absolute atomic E-state index is 9.48. The molecule has 4 N–H and O–H groups in total. The summed E-state index contributed by atoms with van der Waals surface area (Å²) in [6.07, 6.45) is 0. The van der Waals surface area contributed by atoms with Gasteiger partial charge in [0.15, 0.2) is 0 Å². The van der Waals surface area contributed by atoms with Crippen LogP contribution in [0.2, 0.25) is 0 Å². The number of hydrogen-bond donors (Lipinski definition) is 2. The molecule has 0 saturated carbocycles. The Bertz CT molecular complexity index is 272. The van der Waals surface area contributed by atoms with Crippen molar-refractivity contribution in [3.63, 3.8) is 0 Å². The summed E-state index contributed by atoms with van der Waals surface area (Å²) in [6.45, 7) is 2.00. The zero-order valence-corrected chi connectivity index (χ0v) is 10.6. The van der Waals surface area contributed by atoms with Crippen molar-refractivity contribution in [2.75, 3.05) is 0 Å². The van der Waals surface area contributed by atoms with Crippen LogP contribution >= 0.6 is 0 Å². The molecule has 0 radical (unpaired) electrons. The van der Waals surface area contributed by atoms with Crippen molar-refractivity contribution >= 4 is 27.6 Å². The minimum absolute atomic E-state index is 0. The zero-order valence-electron chi connectivity index (χ0n) is 6.94. The Labute approximate surface area is 102 Å². The van der Waals surface area contributed by atoms with Crippen molar-refractivity contribution in [1.82, 2.24) is 6.15 Å². The molecule has 0 heterocycles. The summed E-state index contributed by atoms with van der Waals surface area (Å²) in [4.78, 5) is 8.00. The second-order valence-electron chi connectivity index (χ2n) is 0.972. The summed E-state index contributed by atoms with van der Waals surface area (Å²) < 4.78 is 60.2. The van der Waals surface area contributed by atoms with Gasteiger partial charge in [0, 0.05) is 0 Å². The first-order valence-corrected chi connectivity index (χ1v) is 4.50. The van der Waals surface area contributed by atoms with Crippen LogP contribution in [0.25, 0.3) is 0 Å². The van der Waals surface area contributed by atoms with Crippen LogP contribution in [-0.4, -0.2) is 32.7 Å². The first-order valence-electron chi connectivity index (χ1n) is 1.80. The predicted molar refractivity (Wildman–Crippen MR) is 35.6 cm³/mol. The van der Waals surface area contributed by atoms with Crippen LogP contribution in [0.1, 0.15) is 0 Å². The normalized spacial score (nSPS) is 9.86. The Morgan fingerprint density at radius 2 is 1.36 bits per heavy atom. The molecule has 0 saturated heterocycles. The maximum Gasteiger partial charge on any atom is 1.00 e. The molecule has 13 heteroatoms. The van der Waals surface area contributed by atoms with Crippen molar-refractivity contribution < 1.29 is 69.0 Å². The van der Waals surface area contributed by atoms with Gasteiger partial charge < -0.3 is 15.5 Å². The Morgan fingerprint density at radius 3 is 1.43 bits per heavy atom. The minimum atomic E-state index is -5.27. The van der Waals surface area contributed by atoms with E-state index >= 15 is 0 Å². The summed E-state index contributed by atoms with van der Waals surface area (Å²) in [5.41, 5.74) is 0. The third kappa shape index (κ3) is 29.4. The molecule has 0 unspecified atom stereocenters.